The van der Waals surface area contributed by atoms with E-state index in [1.165, 1.54) is 18.2 Å². The Hall–Kier alpha value is -4.84. The third-order valence-corrected chi connectivity index (χ3v) is 7.24. The van der Waals surface area contributed by atoms with Gasteiger partial charge in [-0.2, -0.15) is 5.26 Å². The SMILES string of the molecule is CCOc1c(Cl)cc(C(=O)Oc2ccc3c(c2)OC(N)=C(C#N)C3c2ccc(OCc3ccccc3)c(OC)c2)cc1Cl. The highest BCUT2D eigenvalue weighted by molar-refractivity contribution is 6.37. The van der Waals surface area contributed by atoms with Crippen LogP contribution in [0.4, 0.5) is 0 Å². The summed E-state index contributed by atoms with van der Waals surface area (Å²) >= 11 is 12.5. The third-order valence-electron chi connectivity index (χ3n) is 6.68. The van der Waals surface area contributed by atoms with E-state index in [1.807, 2.05) is 36.4 Å². The maximum atomic E-state index is 12.9. The number of halogens is 2. The maximum absolute atomic E-state index is 12.9. The van der Waals surface area contributed by atoms with Gasteiger partial charge in [0.05, 0.1) is 35.2 Å². The first-order valence-corrected chi connectivity index (χ1v) is 14.0. The van der Waals surface area contributed by atoms with Crippen molar-refractivity contribution in [2.24, 2.45) is 5.73 Å². The van der Waals surface area contributed by atoms with E-state index in [1.54, 1.807) is 38.3 Å². The second-order valence-electron chi connectivity index (χ2n) is 9.40. The van der Waals surface area contributed by atoms with Crippen LogP contribution < -0.4 is 29.4 Å². The van der Waals surface area contributed by atoms with Crippen molar-refractivity contribution in [3.8, 4) is 34.8 Å². The Labute approximate surface area is 258 Å². The molecule has 0 amide bonds. The topological polar surface area (TPSA) is 113 Å². The van der Waals surface area contributed by atoms with Crippen LogP contribution in [-0.2, 0) is 6.61 Å². The molecule has 5 rings (SSSR count). The number of ether oxygens (including phenoxy) is 5. The van der Waals surface area contributed by atoms with Crippen molar-refractivity contribution in [2.45, 2.75) is 19.4 Å². The lowest BCUT2D eigenvalue weighted by Crippen LogP contribution is -2.21. The smallest absolute Gasteiger partial charge is 0.343 e. The fourth-order valence-electron chi connectivity index (χ4n) is 4.69. The van der Waals surface area contributed by atoms with E-state index >= 15 is 0 Å². The van der Waals surface area contributed by atoms with Crippen LogP contribution in [0.25, 0.3) is 0 Å². The van der Waals surface area contributed by atoms with E-state index in [-0.39, 0.29) is 32.8 Å². The summed E-state index contributed by atoms with van der Waals surface area (Å²) in [4.78, 5) is 12.9. The van der Waals surface area contributed by atoms with Gasteiger partial charge in [-0.05, 0) is 48.4 Å². The zero-order chi connectivity index (χ0) is 30.5. The largest absolute Gasteiger partial charge is 0.493 e. The second kappa shape index (κ2) is 13.0. The molecular formula is C33H26Cl2N2O6. The van der Waals surface area contributed by atoms with Crippen molar-refractivity contribution in [2.75, 3.05) is 13.7 Å². The summed E-state index contributed by atoms with van der Waals surface area (Å²) in [6.07, 6.45) is 0. The van der Waals surface area contributed by atoms with Gasteiger partial charge >= 0.3 is 5.97 Å². The summed E-state index contributed by atoms with van der Waals surface area (Å²) in [5.41, 5.74) is 8.96. The van der Waals surface area contributed by atoms with Crippen molar-refractivity contribution in [1.82, 2.24) is 0 Å². The van der Waals surface area contributed by atoms with Crippen molar-refractivity contribution < 1.29 is 28.5 Å². The molecule has 1 aliphatic heterocycles. The molecule has 8 nitrogen and oxygen atoms in total. The first-order valence-electron chi connectivity index (χ1n) is 13.2. The Balaban J connectivity index is 1.42. The molecule has 218 valence electrons. The van der Waals surface area contributed by atoms with Crippen LogP contribution in [0.3, 0.4) is 0 Å². The quantitative estimate of drug-likeness (QED) is 0.153. The van der Waals surface area contributed by atoms with Crippen molar-refractivity contribution in [3.05, 3.63) is 123 Å². The van der Waals surface area contributed by atoms with Gasteiger partial charge in [-0.1, -0.05) is 65.7 Å². The van der Waals surface area contributed by atoms with Gasteiger partial charge in [0.1, 0.15) is 29.7 Å². The summed E-state index contributed by atoms with van der Waals surface area (Å²) in [5, 5.41) is 10.4. The van der Waals surface area contributed by atoms with E-state index in [2.05, 4.69) is 6.07 Å². The molecule has 43 heavy (non-hydrogen) atoms. The van der Waals surface area contributed by atoms with Gasteiger partial charge in [0.25, 0.3) is 0 Å². The molecule has 0 fully saturated rings. The van der Waals surface area contributed by atoms with Crippen LogP contribution in [-0.4, -0.2) is 19.7 Å². The van der Waals surface area contributed by atoms with E-state index < -0.39 is 11.9 Å². The molecule has 10 heteroatoms. The second-order valence-corrected chi connectivity index (χ2v) is 10.2. The monoisotopic (exact) mass is 616 g/mol. The highest BCUT2D eigenvalue weighted by Crippen LogP contribution is 2.45. The molecule has 2 N–H and O–H groups in total. The molecule has 0 aliphatic carbocycles. The van der Waals surface area contributed by atoms with Crippen molar-refractivity contribution >= 4 is 29.2 Å². The predicted molar refractivity (Wildman–Crippen MR) is 162 cm³/mol. The number of nitriles is 1. The standard InChI is InChI=1S/C33H26Cl2N2O6/c1-3-40-31-25(34)13-21(14-26(31)35)33(38)42-22-10-11-23-28(16-22)43-32(37)24(17-36)30(23)20-9-12-27(29(15-20)39-2)41-18-19-7-5-4-6-8-19/h4-16,30H,3,18,37H2,1-2H3. The third kappa shape index (κ3) is 6.33. The Morgan fingerprint density at radius 3 is 2.40 bits per heavy atom. The van der Waals surface area contributed by atoms with Crippen LogP contribution in [0.5, 0.6) is 28.7 Å². The molecule has 0 radical (unpaired) electrons. The Kier molecular flexibility index (Phi) is 8.96. The number of nitrogens with zero attached hydrogens (tertiary/aromatic N) is 1. The van der Waals surface area contributed by atoms with Crippen LogP contribution in [0.15, 0.2) is 90.3 Å². The van der Waals surface area contributed by atoms with Crippen molar-refractivity contribution in [1.29, 1.82) is 5.26 Å². The normalized spacial score (nSPS) is 13.8. The predicted octanol–water partition coefficient (Wildman–Crippen LogP) is 7.42. The number of nitrogens with two attached hydrogens (primary N) is 1. The highest BCUT2D eigenvalue weighted by Gasteiger charge is 2.32. The summed E-state index contributed by atoms with van der Waals surface area (Å²) in [6, 6.07) is 25.1. The molecule has 1 heterocycles. The number of rotatable bonds is 9. The number of benzene rings is 4. The van der Waals surface area contributed by atoms with Crippen LogP contribution in [0.2, 0.25) is 10.0 Å². The van der Waals surface area contributed by atoms with Crippen LogP contribution in [0, 0.1) is 11.3 Å². The zero-order valence-electron chi connectivity index (χ0n) is 23.2. The van der Waals surface area contributed by atoms with Gasteiger partial charge in [0, 0.05) is 11.6 Å². The van der Waals surface area contributed by atoms with Gasteiger partial charge in [-0.25, -0.2) is 4.79 Å². The maximum Gasteiger partial charge on any atom is 0.343 e. The van der Waals surface area contributed by atoms with Gasteiger partial charge in [-0.15, -0.1) is 0 Å². The molecule has 0 saturated heterocycles. The first-order chi connectivity index (χ1) is 20.8. The lowest BCUT2D eigenvalue weighted by atomic mass is 9.83. The van der Waals surface area contributed by atoms with Gasteiger partial charge in [0.2, 0.25) is 5.88 Å². The molecule has 0 spiro atoms. The molecule has 4 aromatic carbocycles. The number of methoxy groups -OCH3 is 1. The number of carbonyl (C=O) groups excluding carboxylic acids is 1. The summed E-state index contributed by atoms with van der Waals surface area (Å²) in [5.74, 6) is 0.549. The van der Waals surface area contributed by atoms with Crippen LogP contribution >= 0.6 is 23.2 Å². The van der Waals surface area contributed by atoms with Gasteiger partial charge in [0.15, 0.2) is 17.2 Å². The molecule has 1 aliphatic rings. The average molecular weight is 617 g/mol. The Bertz CT molecular complexity index is 1730. The number of fused-ring (bicyclic) bond motifs is 1. The fraction of sp³-hybridized carbons (Fsp3) is 0.152. The van der Waals surface area contributed by atoms with E-state index in [0.717, 1.165) is 11.1 Å². The Morgan fingerprint density at radius 1 is 0.977 bits per heavy atom. The highest BCUT2D eigenvalue weighted by atomic mass is 35.5. The summed E-state index contributed by atoms with van der Waals surface area (Å²) < 4.78 is 28.4. The Morgan fingerprint density at radius 2 is 1.72 bits per heavy atom. The minimum atomic E-state index is -0.684. The lowest BCUT2D eigenvalue weighted by Gasteiger charge is -2.27. The van der Waals surface area contributed by atoms with Crippen molar-refractivity contribution in [3.63, 3.8) is 0 Å². The number of carbonyl (C=O) groups is 1. The molecular weight excluding hydrogens is 591 g/mol. The zero-order valence-corrected chi connectivity index (χ0v) is 24.7. The van der Waals surface area contributed by atoms with Gasteiger partial charge in [-0.3, -0.25) is 0 Å². The molecule has 0 aromatic heterocycles. The number of esters is 1. The number of hydrogen-bond donors (Lipinski definition) is 1. The van der Waals surface area contributed by atoms with E-state index in [0.29, 0.717) is 41.8 Å². The average Bonchev–Trinajstić information content (AvgIpc) is 3.01. The molecule has 0 saturated carbocycles. The van der Waals surface area contributed by atoms with E-state index in [9.17, 15) is 10.1 Å². The number of hydrogen-bond acceptors (Lipinski definition) is 8. The fourth-order valence-corrected chi connectivity index (χ4v) is 5.28. The molecule has 4 aromatic rings. The molecule has 1 atom stereocenters. The van der Waals surface area contributed by atoms with Crippen LogP contribution in [0.1, 0.15) is 39.9 Å². The minimum Gasteiger partial charge on any atom is -0.493 e. The first kappa shape index (κ1) is 29.6. The summed E-state index contributed by atoms with van der Waals surface area (Å²) in [7, 11) is 1.55. The molecule has 0 bridgehead atoms. The van der Waals surface area contributed by atoms with E-state index in [4.69, 9.17) is 52.6 Å². The minimum absolute atomic E-state index is 0.0584. The molecule has 1 unspecified atom stereocenters. The summed E-state index contributed by atoms with van der Waals surface area (Å²) in [6.45, 7) is 2.53. The van der Waals surface area contributed by atoms with Gasteiger partial charge < -0.3 is 29.4 Å². The lowest BCUT2D eigenvalue weighted by molar-refractivity contribution is 0.0734. The number of allylic oxidation sites excluding steroid dienone is 1.